The number of nitrogens with one attached hydrogen (secondary N) is 1. The highest BCUT2D eigenvalue weighted by molar-refractivity contribution is 6.74. The van der Waals surface area contributed by atoms with Crippen LogP contribution in [0.2, 0.25) is 23.2 Å². The standard InChI is InChI=1S/C31H46ClN3O5Si/c1-21(2)35-20-24(19-33-35)14-13-22(3)27(40-41(8,9)31(4,5)6)11-10-12-29(36)34-26(30(37)38)18-23-15-16-28(39-7)25(32)17-23/h10,12-17,19-22,26-27H,11,18H2,1-9H3,(H,34,36)(H,37,38)/b12-10+,14-13+/t22-,26-,27+/m1/s1. The van der Waals surface area contributed by atoms with Gasteiger partial charge in [0, 0.05) is 24.2 Å². The predicted octanol–water partition coefficient (Wildman–Crippen LogP) is 6.92. The first-order chi connectivity index (χ1) is 19.0. The smallest absolute Gasteiger partial charge is 0.326 e. The number of amides is 1. The van der Waals surface area contributed by atoms with Crippen LogP contribution in [-0.4, -0.2) is 54.3 Å². The molecule has 1 heterocycles. The van der Waals surface area contributed by atoms with Crippen molar-refractivity contribution in [3.8, 4) is 5.75 Å². The molecular formula is C31H46ClN3O5Si. The fourth-order valence-corrected chi connectivity index (χ4v) is 5.54. The summed E-state index contributed by atoms with van der Waals surface area (Å²) < 4.78 is 13.8. The summed E-state index contributed by atoms with van der Waals surface area (Å²) in [6.45, 7) is 17.3. The van der Waals surface area contributed by atoms with Gasteiger partial charge in [0.1, 0.15) is 11.8 Å². The van der Waals surface area contributed by atoms with Gasteiger partial charge in [-0.15, -0.1) is 0 Å². The average molecular weight is 604 g/mol. The molecule has 0 radical (unpaired) electrons. The van der Waals surface area contributed by atoms with E-state index in [1.165, 1.54) is 13.2 Å². The zero-order valence-electron chi connectivity index (χ0n) is 25.8. The second-order valence-electron chi connectivity index (χ2n) is 12.2. The molecule has 0 aliphatic rings. The molecule has 2 rings (SSSR count). The third kappa shape index (κ3) is 10.5. The van der Waals surface area contributed by atoms with Gasteiger partial charge >= 0.3 is 5.97 Å². The van der Waals surface area contributed by atoms with Gasteiger partial charge in [-0.3, -0.25) is 9.48 Å². The highest BCUT2D eigenvalue weighted by Gasteiger charge is 2.39. The van der Waals surface area contributed by atoms with Gasteiger partial charge in [-0.1, -0.05) is 63.6 Å². The Hall–Kier alpha value is -2.88. The third-order valence-electron chi connectivity index (χ3n) is 7.49. The predicted molar refractivity (Wildman–Crippen MR) is 168 cm³/mol. The molecule has 1 aromatic carbocycles. The summed E-state index contributed by atoms with van der Waals surface area (Å²) in [5, 5.41) is 17.1. The van der Waals surface area contributed by atoms with E-state index in [1.807, 2.05) is 17.1 Å². The highest BCUT2D eigenvalue weighted by Crippen LogP contribution is 2.38. The maximum absolute atomic E-state index is 12.7. The van der Waals surface area contributed by atoms with Crippen molar-refractivity contribution in [3.05, 3.63) is 65.0 Å². The van der Waals surface area contributed by atoms with Crippen LogP contribution in [0.15, 0.2) is 48.8 Å². The maximum Gasteiger partial charge on any atom is 0.326 e. The largest absolute Gasteiger partial charge is 0.495 e. The van der Waals surface area contributed by atoms with Crippen LogP contribution in [0.25, 0.3) is 6.08 Å². The third-order valence-corrected chi connectivity index (χ3v) is 12.3. The summed E-state index contributed by atoms with van der Waals surface area (Å²) in [5.41, 5.74) is 1.69. The van der Waals surface area contributed by atoms with Gasteiger partial charge in [0.25, 0.3) is 0 Å². The van der Waals surface area contributed by atoms with Crippen LogP contribution in [0.5, 0.6) is 5.75 Å². The molecule has 0 saturated carbocycles. The van der Waals surface area contributed by atoms with Crippen LogP contribution in [-0.2, 0) is 20.4 Å². The average Bonchev–Trinajstić information content (AvgIpc) is 3.35. The first-order valence-electron chi connectivity index (χ1n) is 14.0. The van der Waals surface area contributed by atoms with Crippen molar-refractivity contribution < 1.29 is 23.9 Å². The Kier molecular flexibility index (Phi) is 12.4. The Morgan fingerprint density at radius 1 is 1.22 bits per heavy atom. The Morgan fingerprint density at radius 2 is 1.90 bits per heavy atom. The number of aromatic nitrogens is 2. The van der Waals surface area contributed by atoms with Crippen LogP contribution in [0.4, 0.5) is 0 Å². The Bertz CT molecular complexity index is 1230. The quantitative estimate of drug-likeness (QED) is 0.179. The van der Waals surface area contributed by atoms with Gasteiger partial charge in [-0.2, -0.15) is 5.10 Å². The molecule has 3 atom stereocenters. The number of rotatable bonds is 14. The van der Waals surface area contributed by atoms with Gasteiger partial charge in [-0.25, -0.2) is 4.79 Å². The van der Waals surface area contributed by atoms with Crippen LogP contribution in [0, 0.1) is 5.92 Å². The summed E-state index contributed by atoms with van der Waals surface area (Å²) in [7, 11) is -0.597. The number of ether oxygens (including phenoxy) is 1. The number of carbonyl (C=O) groups excluding carboxylic acids is 1. The second kappa shape index (κ2) is 14.8. The molecule has 10 heteroatoms. The van der Waals surface area contributed by atoms with Gasteiger partial charge < -0.3 is 19.6 Å². The Balaban J connectivity index is 2.13. The van der Waals surface area contributed by atoms with Gasteiger partial charge in [0.2, 0.25) is 5.91 Å². The van der Waals surface area contributed by atoms with Crippen molar-refractivity contribution in [3.63, 3.8) is 0 Å². The molecule has 0 aliphatic carbocycles. The van der Waals surface area contributed by atoms with Gasteiger partial charge in [0.15, 0.2) is 8.32 Å². The van der Waals surface area contributed by atoms with Crippen molar-refractivity contribution in [1.82, 2.24) is 15.1 Å². The minimum absolute atomic E-state index is 0.0211. The summed E-state index contributed by atoms with van der Waals surface area (Å²) in [6, 6.07) is 4.23. The SMILES string of the molecule is COc1ccc(C[C@@H](NC(=O)/C=C/C[C@H](O[Si](C)(C)C(C)(C)C)[C@H](C)/C=C/c2cnn(C(C)C)c2)C(=O)O)cc1Cl. The lowest BCUT2D eigenvalue weighted by Crippen LogP contribution is -2.45. The van der Waals surface area contributed by atoms with Crippen LogP contribution in [0.3, 0.4) is 0 Å². The summed E-state index contributed by atoms with van der Waals surface area (Å²) in [5.74, 6) is -1.05. The molecule has 0 spiro atoms. The molecule has 0 bridgehead atoms. The molecule has 0 saturated heterocycles. The number of carboxylic acid groups (broad SMARTS) is 1. The number of hydrogen-bond donors (Lipinski definition) is 2. The minimum Gasteiger partial charge on any atom is -0.495 e. The number of hydrogen-bond acceptors (Lipinski definition) is 5. The summed E-state index contributed by atoms with van der Waals surface area (Å²) in [6.07, 6.45) is 11.6. The first kappa shape index (κ1) is 34.3. The van der Waals surface area contributed by atoms with E-state index in [0.717, 1.165) is 5.56 Å². The monoisotopic (exact) mass is 603 g/mol. The topological polar surface area (TPSA) is 103 Å². The maximum atomic E-state index is 12.7. The zero-order chi connectivity index (χ0) is 31.0. The molecule has 1 amide bonds. The molecular weight excluding hydrogens is 558 g/mol. The van der Waals surface area contributed by atoms with Crippen molar-refractivity contribution in [1.29, 1.82) is 0 Å². The number of nitrogens with zero attached hydrogens (tertiary/aromatic N) is 2. The fourth-order valence-electron chi connectivity index (χ4n) is 3.84. The molecule has 2 aromatic rings. The fraction of sp³-hybridized carbons (Fsp3) is 0.516. The molecule has 8 nitrogen and oxygen atoms in total. The second-order valence-corrected chi connectivity index (χ2v) is 17.4. The molecule has 0 aliphatic heterocycles. The molecule has 1 aromatic heterocycles. The highest BCUT2D eigenvalue weighted by atomic mass is 35.5. The van der Waals surface area contributed by atoms with E-state index in [9.17, 15) is 14.7 Å². The van der Waals surface area contributed by atoms with Gasteiger partial charge in [-0.05, 0) is 68.1 Å². The van der Waals surface area contributed by atoms with E-state index in [4.69, 9.17) is 20.8 Å². The number of carboxylic acids is 1. The van der Waals surface area contributed by atoms with Gasteiger partial charge in [0.05, 0.1) is 24.4 Å². The number of benzene rings is 1. The number of carbonyl (C=O) groups is 2. The van der Waals surface area contributed by atoms with Crippen molar-refractivity contribution in [2.45, 2.75) is 90.7 Å². The zero-order valence-corrected chi connectivity index (χ0v) is 27.5. The molecule has 41 heavy (non-hydrogen) atoms. The van der Waals surface area contributed by atoms with Crippen LogP contribution < -0.4 is 10.1 Å². The van der Waals surface area contributed by atoms with E-state index in [0.29, 0.717) is 22.8 Å². The van der Waals surface area contributed by atoms with Crippen molar-refractivity contribution >= 4 is 37.9 Å². The first-order valence-corrected chi connectivity index (χ1v) is 17.2. The number of aliphatic carboxylic acids is 1. The lowest BCUT2D eigenvalue weighted by atomic mass is 10.0. The lowest BCUT2D eigenvalue weighted by Gasteiger charge is -2.40. The van der Waals surface area contributed by atoms with Crippen LogP contribution >= 0.6 is 11.6 Å². The molecule has 2 N–H and O–H groups in total. The van der Waals surface area contributed by atoms with E-state index < -0.39 is 26.2 Å². The van der Waals surface area contributed by atoms with Crippen molar-refractivity contribution in [2.75, 3.05) is 7.11 Å². The molecule has 0 fully saturated rings. The van der Waals surface area contributed by atoms with Crippen LogP contribution in [0.1, 0.15) is 65.1 Å². The summed E-state index contributed by atoms with van der Waals surface area (Å²) >= 11 is 6.18. The number of methoxy groups -OCH3 is 1. The normalized spacial score (nSPS) is 14.9. The Labute approximate surface area is 250 Å². The van der Waals surface area contributed by atoms with Crippen molar-refractivity contribution in [2.24, 2.45) is 5.92 Å². The minimum atomic E-state index is -2.11. The molecule has 226 valence electrons. The molecule has 0 unspecified atom stereocenters. The van der Waals surface area contributed by atoms with E-state index in [2.05, 4.69) is 77.2 Å². The number of halogens is 1. The van der Waals surface area contributed by atoms with E-state index in [-0.39, 0.29) is 29.5 Å². The van der Waals surface area contributed by atoms with E-state index >= 15 is 0 Å². The van der Waals surface area contributed by atoms with E-state index in [1.54, 1.807) is 24.3 Å². The Morgan fingerprint density at radius 3 is 2.44 bits per heavy atom. The summed E-state index contributed by atoms with van der Waals surface area (Å²) in [4.78, 5) is 24.6. The lowest BCUT2D eigenvalue weighted by molar-refractivity contribution is -0.141.